The number of benzene rings is 1. The summed E-state index contributed by atoms with van der Waals surface area (Å²) in [6.45, 7) is 2.85. The van der Waals surface area contributed by atoms with Crippen LogP contribution in [0.5, 0.6) is 0 Å². The second kappa shape index (κ2) is 7.16. The number of rotatable bonds is 6. The summed E-state index contributed by atoms with van der Waals surface area (Å²) in [4.78, 5) is 13.9. The average molecular weight is 309 g/mol. The van der Waals surface area contributed by atoms with E-state index in [2.05, 4.69) is 15.5 Å². The number of amides is 1. The molecule has 0 saturated carbocycles. The summed E-state index contributed by atoms with van der Waals surface area (Å²) in [5.41, 5.74) is 0.774. The van der Waals surface area contributed by atoms with E-state index < -0.39 is 0 Å². The largest absolute Gasteiger partial charge is 0.338 e. The normalized spacial score (nSPS) is 10.6. The van der Waals surface area contributed by atoms with Crippen LogP contribution in [0.25, 0.3) is 0 Å². The van der Waals surface area contributed by atoms with Crippen LogP contribution < -0.4 is 0 Å². The molecule has 0 unspecified atom stereocenters. The third-order valence-electron chi connectivity index (χ3n) is 2.90. The predicted octanol–water partition coefficient (Wildman–Crippen LogP) is 1.49. The first-order chi connectivity index (χ1) is 10.1. The maximum absolute atomic E-state index is 13.2. The lowest BCUT2D eigenvalue weighted by Gasteiger charge is -2.20. The van der Waals surface area contributed by atoms with Crippen LogP contribution in [0, 0.1) is 5.82 Å². The van der Waals surface area contributed by atoms with E-state index in [1.54, 1.807) is 24.1 Å². The Kier molecular flexibility index (Phi) is 5.26. The lowest BCUT2D eigenvalue weighted by atomic mass is 10.2. The van der Waals surface area contributed by atoms with Crippen LogP contribution in [0.1, 0.15) is 12.5 Å². The molecule has 0 radical (unpaired) electrons. The van der Waals surface area contributed by atoms with Crippen molar-refractivity contribution in [1.29, 1.82) is 0 Å². The molecule has 0 fully saturated rings. The molecule has 2 aromatic rings. The highest BCUT2D eigenvalue weighted by atomic mass is 32.2. The molecule has 0 atom stereocenters. The van der Waals surface area contributed by atoms with Crippen molar-refractivity contribution in [3.05, 3.63) is 35.6 Å². The maximum atomic E-state index is 13.2. The number of nitrogens with zero attached hydrogens (tertiary/aromatic N) is 5. The molecule has 1 heterocycles. The molecular weight excluding hydrogens is 293 g/mol. The Hall–Kier alpha value is -1.96. The molecule has 0 aliphatic rings. The van der Waals surface area contributed by atoms with Crippen molar-refractivity contribution in [2.75, 3.05) is 12.3 Å². The van der Waals surface area contributed by atoms with Gasteiger partial charge in [0.15, 0.2) is 0 Å². The minimum absolute atomic E-state index is 0.0326. The van der Waals surface area contributed by atoms with E-state index >= 15 is 0 Å². The predicted molar refractivity (Wildman–Crippen MR) is 77.0 cm³/mol. The third-order valence-corrected chi connectivity index (χ3v) is 3.90. The van der Waals surface area contributed by atoms with Gasteiger partial charge in [-0.25, -0.2) is 9.07 Å². The third kappa shape index (κ3) is 4.25. The number of hydrogen-bond acceptors (Lipinski definition) is 5. The summed E-state index contributed by atoms with van der Waals surface area (Å²) in [5.74, 6) is -0.0810. The van der Waals surface area contributed by atoms with Gasteiger partial charge >= 0.3 is 0 Å². The molecule has 0 spiro atoms. The van der Waals surface area contributed by atoms with Gasteiger partial charge in [0.25, 0.3) is 0 Å². The van der Waals surface area contributed by atoms with Crippen molar-refractivity contribution in [3.63, 3.8) is 0 Å². The van der Waals surface area contributed by atoms with E-state index in [0.29, 0.717) is 18.2 Å². The van der Waals surface area contributed by atoms with Crippen LogP contribution in [0.4, 0.5) is 4.39 Å². The van der Waals surface area contributed by atoms with E-state index in [1.807, 2.05) is 6.92 Å². The van der Waals surface area contributed by atoms with Gasteiger partial charge in [-0.3, -0.25) is 4.79 Å². The zero-order valence-electron chi connectivity index (χ0n) is 11.9. The van der Waals surface area contributed by atoms with Crippen LogP contribution in [0.15, 0.2) is 29.4 Å². The highest BCUT2D eigenvalue weighted by molar-refractivity contribution is 7.99. The summed E-state index contributed by atoms with van der Waals surface area (Å²) in [7, 11) is 1.72. The second-order valence-corrected chi connectivity index (χ2v) is 5.35. The lowest BCUT2D eigenvalue weighted by Crippen LogP contribution is -2.31. The molecule has 0 aliphatic heterocycles. The fraction of sp³-hybridized carbons (Fsp3) is 0.385. The summed E-state index contributed by atoms with van der Waals surface area (Å²) < 4.78 is 14.7. The van der Waals surface area contributed by atoms with E-state index in [9.17, 15) is 9.18 Å². The first kappa shape index (κ1) is 15.4. The van der Waals surface area contributed by atoms with Gasteiger partial charge in [0.2, 0.25) is 11.1 Å². The smallest absolute Gasteiger partial charge is 0.233 e. The van der Waals surface area contributed by atoms with Crippen LogP contribution in [-0.2, 0) is 18.4 Å². The van der Waals surface area contributed by atoms with Gasteiger partial charge in [0.05, 0.1) is 5.75 Å². The van der Waals surface area contributed by atoms with Crippen molar-refractivity contribution in [3.8, 4) is 0 Å². The zero-order chi connectivity index (χ0) is 15.2. The molecule has 0 aliphatic carbocycles. The van der Waals surface area contributed by atoms with Crippen molar-refractivity contribution >= 4 is 17.7 Å². The molecule has 112 valence electrons. The Balaban J connectivity index is 1.94. The lowest BCUT2D eigenvalue weighted by molar-refractivity contribution is -0.128. The summed E-state index contributed by atoms with van der Waals surface area (Å²) in [6, 6.07) is 6.27. The SMILES string of the molecule is CCN(Cc1cccc(F)c1)C(=O)CSc1nnnn1C. The van der Waals surface area contributed by atoms with Gasteiger partial charge in [-0.1, -0.05) is 23.9 Å². The standard InChI is InChI=1S/C13H16FN5OS/c1-3-19(8-10-5-4-6-11(14)7-10)12(20)9-21-13-15-16-17-18(13)2/h4-7H,3,8-9H2,1-2H3. The van der Waals surface area contributed by atoms with E-state index in [-0.39, 0.29) is 17.5 Å². The summed E-state index contributed by atoms with van der Waals surface area (Å²) in [5, 5.41) is 11.6. The van der Waals surface area contributed by atoms with Crippen molar-refractivity contribution < 1.29 is 9.18 Å². The number of carbonyl (C=O) groups is 1. The molecule has 21 heavy (non-hydrogen) atoms. The van der Waals surface area contributed by atoms with Crippen LogP contribution in [0.3, 0.4) is 0 Å². The van der Waals surface area contributed by atoms with Crippen LogP contribution in [0.2, 0.25) is 0 Å². The van der Waals surface area contributed by atoms with Gasteiger partial charge in [0, 0.05) is 20.1 Å². The minimum atomic E-state index is -0.296. The van der Waals surface area contributed by atoms with Gasteiger partial charge < -0.3 is 4.90 Å². The maximum Gasteiger partial charge on any atom is 0.233 e. The number of halogens is 1. The van der Waals surface area contributed by atoms with Crippen LogP contribution in [-0.4, -0.2) is 43.3 Å². The Labute approximate surface area is 126 Å². The fourth-order valence-electron chi connectivity index (χ4n) is 1.79. The molecule has 1 aromatic heterocycles. The number of aryl methyl sites for hydroxylation is 1. The van der Waals surface area contributed by atoms with Crippen LogP contribution >= 0.6 is 11.8 Å². The topological polar surface area (TPSA) is 63.9 Å². The molecule has 1 aromatic carbocycles. The molecule has 0 bridgehead atoms. The Morgan fingerprint density at radius 2 is 2.29 bits per heavy atom. The highest BCUT2D eigenvalue weighted by Gasteiger charge is 2.14. The number of tetrazole rings is 1. The van der Waals surface area contributed by atoms with E-state index in [4.69, 9.17) is 0 Å². The number of carbonyl (C=O) groups excluding carboxylic acids is 1. The highest BCUT2D eigenvalue weighted by Crippen LogP contribution is 2.14. The number of hydrogen-bond donors (Lipinski definition) is 0. The molecule has 0 saturated heterocycles. The molecule has 2 rings (SSSR count). The fourth-order valence-corrected chi connectivity index (χ4v) is 2.55. The average Bonchev–Trinajstić information content (AvgIpc) is 2.87. The monoisotopic (exact) mass is 309 g/mol. The Morgan fingerprint density at radius 1 is 1.48 bits per heavy atom. The number of aromatic nitrogens is 4. The Morgan fingerprint density at radius 3 is 2.90 bits per heavy atom. The minimum Gasteiger partial charge on any atom is -0.338 e. The molecule has 1 amide bonds. The molecule has 8 heteroatoms. The van der Waals surface area contributed by atoms with Gasteiger partial charge in [-0.05, 0) is 35.0 Å². The number of thioether (sulfide) groups is 1. The van der Waals surface area contributed by atoms with Gasteiger partial charge in [0.1, 0.15) is 5.82 Å². The molecular formula is C13H16FN5OS. The zero-order valence-corrected chi connectivity index (χ0v) is 12.7. The van der Waals surface area contributed by atoms with Gasteiger partial charge in [-0.2, -0.15) is 0 Å². The van der Waals surface area contributed by atoms with Crippen molar-refractivity contribution in [2.24, 2.45) is 7.05 Å². The summed E-state index contributed by atoms with van der Waals surface area (Å²) in [6.07, 6.45) is 0. The van der Waals surface area contributed by atoms with Gasteiger partial charge in [-0.15, -0.1) is 5.10 Å². The van der Waals surface area contributed by atoms with Crippen molar-refractivity contribution in [1.82, 2.24) is 25.1 Å². The summed E-state index contributed by atoms with van der Waals surface area (Å²) >= 11 is 1.28. The quantitative estimate of drug-likeness (QED) is 0.757. The first-order valence-electron chi connectivity index (χ1n) is 6.47. The molecule has 6 nitrogen and oxygen atoms in total. The second-order valence-electron chi connectivity index (χ2n) is 4.41. The van der Waals surface area contributed by atoms with Crippen molar-refractivity contribution in [2.45, 2.75) is 18.6 Å². The molecule has 0 N–H and O–H groups in total. The van der Waals surface area contributed by atoms with E-state index in [1.165, 1.54) is 28.6 Å². The first-order valence-corrected chi connectivity index (χ1v) is 7.46. The Bertz CT molecular complexity index is 618. The van der Waals surface area contributed by atoms with E-state index in [0.717, 1.165) is 5.56 Å².